The van der Waals surface area contributed by atoms with Crippen LogP contribution >= 0.6 is 0 Å². The number of nitrogens with one attached hydrogen (secondary N) is 1. The molecule has 0 saturated heterocycles. The molecule has 20 heavy (non-hydrogen) atoms. The molecular formula is C15H16N2O2S. The van der Waals surface area contributed by atoms with Gasteiger partial charge in [0.05, 0.1) is 12.0 Å². The van der Waals surface area contributed by atoms with Crippen molar-refractivity contribution in [2.45, 2.75) is 12.7 Å². The Bertz CT molecular complexity index is 678. The first kappa shape index (κ1) is 14.3. The highest BCUT2D eigenvalue weighted by Crippen LogP contribution is 2.04. The Kier molecular flexibility index (Phi) is 4.53. The van der Waals surface area contributed by atoms with Crippen LogP contribution in [0.2, 0.25) is 0 Å². The summed E-state index contributed by atoms with van der Waals surface area (Å²) in [6, 6.07) is 16.6. The first-order valence-electron chi connectivity index (χ1n) is 6.18. The third kappa shape index (κ3) is 4.51. The molecule has 0 fully saturated rings. The van der Waals surface area contributed by atoms with Crippen LogP contribution in [0.1, 0.15) is 16.7 Å². The molecule has 0 aliphatic heterocycles. The molecule has 2 aromatic rings. The minimum Gasteiger partial charge on any atom is -0.205 e. The van der Waals surface area contributed by atoms with Crippen LogP contribution in [-0.4, -0.2) is 14.6 Å². The summed E-state index contributed by atoms with van der Waals surface area (Å²) in [6.07, 6.45) is 1.49. The van der Waals surface area contributed by atoms with Crippen molar-refractivity contribution in [3.63, 3.8) is 0 Å². The van der Waals surface area contributed by atoms with Crippen molar-refractivity contribution in [2.75, 3.05) is 0 Å². The summed E-state index contributed by atoms with van der Waals surface area (Å²) in [4.78, 5) is 2.21. The smallest absolute Gasteiger partial charge is 0.205 e. The summed E-state index contributed by atoms with van der Waals surface area (Å²) in [6.45, 7) is 1.99. The van der Waals surface area contributed by atoms with Crippen molar-refractivity contribution >= 4 is 16.2 Å². The van der Waals surface area contributed by atoms with Gasteiger partial charge in [-0.15, -0.1) is 0 Å². The Labute approximate surface area is 119 Å². The van der Waals surface area contributed by atoms with Crippen LogP contribution in [0.15, 0.2) is 59.7 Å². The zero-order valence-electron chi connectivity index (χ0n) is 11.2. The molecular weight excluding hydrogens is 272 g/mol. The second-order valence-corrected chi connectivity index (χ2v) is 6.21. The van der Waals surface area contributed by atoms with Crippen LogP contribution in [0.4, 0.5) is 0 Å². The van der Waals surface area contributed by atoms with Gasteiger partial charge in [0.1, 0.15) is 0 Å². The molecule has 104 valence electrons. The first-order chi connectivity index (χ1) is 9.55. The Morgan fingerprint density at radius 1 is 1.05 bits per heavy atom. The predicted molar refractivity (Wildman–Crippen MR) is 81.0 cm³/mol. The molecule has 0 spiro atoms. The minimum atomic E-state index is -3.46. The highest BCUT2D eigenvalue weighted by molar-refractivity contribution is 7.88. The minimum absolute atomic E-state index is 0.0842. The normalized spacial score (nSPS) is 11.7. The molecule has 2 aromatic carbocycles. The average Bonchev–Trinajstić information content (AvgIpc) is 2.41. The lowest BCUT2D eigenvalue weighted by atomic mass is 10.2. The molecule has 0 atom stereocenters. The number of nitrogens with zero attached hydrogens (tertiary/aromatic N) is 1. The van der Waals surface area contributed by atoms with E-state index in [1.165, 1.54) is 6.21 Å². The number of benzene rings is 2. The van der Waals surface area contributed by atoms with E-state index in [1.807, 2.05) is 37.3 Å². The van der Waals surface area contributed by atoms with E-state index in [1.54, 1.807) is 24.3 Å². The maximum absolute atomic E-state index is 11.8. The number of sulfonamides is 1. The molecule has 0 aliphatic rings. The highest BCUT2D eigenvalue weighted by Gasteiger charge is 2.09. The van der Waals surface area contributed by atoms with Crippen LogP contribution in [0.25, 0.3) is 0 Å². The maximum atomic E-state index is 11.8. The number of hydrogen-bond donors (Lipinski definition) is 1. The summed E-state index contributed by atoms with van der Waals surface area (Å²) in [5.74, 6) is -0.0842. The quantitative estimate of drug-likeness (QED) is 0.678. The average molecular weight is 288 g/mol. The first-order valence-corrected chi connectivity index (χ1v) is 7.83. The van der Waals surface area contributed by atoms with Gasteiger partial charge in [0.25, 0.3) is 10.0 Å². The van der Waals surface area contributed by atoms with Crippen LogP contribution in [0, 0.1) is 6.92 Å². The van der Waals surface area contributed by atoms with Gasteiger partial charge in [0.2, 0.25) is 0 Å². The number of rotatable bonds is 5. The molecule has 5 heteroatoms. The van der Waals surface area contributed by atoms with Crippen LogP contribution in [0.3, 0.4) is 0 Å². The van der Waals surface area contributed by atoms with E-state index in [0.717, 1.165) is 16.7 Å². The molecule has 0 aromatic heterocycles. The third-order valence-electron chi connectivity index (χ3n) is 2.68. The lowest BCUT2D eigenvalue weighted by molar-refractivity contribution is 0.584. The number of hydrazone groups is 1. The monoisotopic (exact) mass is 288 g/mol. The van der Waals surface area contributed by atoms with Gasteiger partial charge in [-0.3, -0.25) is 0 Å². The maximum Gasteiger partial charge on any atom is 0.251 e. The highest BCUT2D eigenvalue weighted by atomic mass is 32.2. The van der Waals surface area contributed by atoms with Gasteiger partial charge < -0.3 is 0 Å². The van der Waals surface area contributed by atoms with E-state index < -0.39 is 10.0 Å². The Morgan fingerprint density at radius 2 is 1.70 bits per heavy atom. The molecule has 0 amide bonds. The second kappa shape index (κ2) is 6.34. The standard InChI is InChI=1S/C15H16N2O2S/c1-13-7-9-14(10-8-13)11-16-17-20(18,19)12-15-5-3-2-4-6-15/h2-11,17H,12H2,1H3/b16-11+. The van der Waals surface area contributed by atoms with E-state index in [9.17, 15) is 8.42 Å². The Balaban J connectivity index is 1.97. The van der Waals surface area contributed by atoms with E-state index >= 15 is 0 Å². The van der Waals surface area contributed by atoms with Crippen molar-refractivity contribution in [3.8, 4) is 0 Å². The molecule has 4 nitrogen and oxygen atoms in total. The molecule has 0 radical (unpaired) electrons. The largest absolute Gasteiger partial charge is 0.251 e. The summed E-state index contributed by atoms with van der Waals surface area (Å²) in [5.41, 5.74) is 2.72. The van der Waals surface area contributed by atoms with E-state index in [2.05, 4.69) is 9.93 Å². The summed E-state index contributed by atoms with van der Waals surface area (Å²) >= 11 is 0. The zero-order valence-corrected chi connectivity index (χ0v) is 12.0. The fourth-order valence-electron chi connectivity index (χ4n) is 1.66. The van der Waals surface area contributed by atoms with Crippen LogP contribution in [-0.2, 0) is 15.8 Å². The molecule has 0 heterocycles. The molecule has 1 N–H and O–H groups in total. The van der Waals surface area contributed by atoms with Gasteiger partial charge in [-0.2, -0.15) is 5.10 Å². The van der Waals surface area contributed by atoms with Crippen molar-refractivity contribution in [2.24, 2.45) is 5.10 Å². The van der Waals surface area contributed by atoms with Gasteiger partial charge in [-0.05, 0) is 18.1 Å². The molecule has 0 bridgehead atoms. The summed E-state index contributed by atoms with van der Waals surface area (Å²) in [5, 5.41) is 3.78. The van der Waals surface area contributed by atoms with Gasteiger partial charge in [-0.25, -0.2) is 13.2 Å². The molecule has 2 rings (SSSR count). The second-order valence-electron chi connectivity index (χ2n) is 4.50. The van der Waals surface area contributed by atoms with Crippen LogP contribution < -0.4 is 4.83 Å². The summed E-state index contributed by atoms with van der Waals surface area (Å²) in [7, 11) is -3.46. The lowest BCUT2D eigenvalue weighted by Crippen LogP contribution is -2.20. The predicted octanol–water partition coefficient (Wildman–Crippen LogP) is 2.45. The Hall–Kier alpha value is -2.14. The number of aryl methyl sites for hydroxylation is 1. The van der Waals surface area contributed by atoms with Gasteiger partial charge in [0, 0.05) is 0 Å². The molecule has 0 unspecified atom stereocenters. The van der Waals surface area contributed by atoms with Crippen molar-refractivity contribution in [1.29, 1.82) is 0 Å². The van der Waals surface area contributed by atoms with E-state index in [4.69, 9.17) is 0 Å². The van der Waals surface area contributed by atoms with E-state index in [0.29, 0.717) is 0 Å². The van der Waals surface area contributed by atoms with Gasteiger partial charge in [0.15, 0.2) is 0 Å². The Morgan fingerprint density at radius 3 is 2.35 bits per heavy atom. The molecule has 0 saturated carbocycles. The fourth-order valence-corrected chi connectivity index (χ4v) is 2.57. The number of hydrogen-bond acceptors (Lipinski definition) is 3. The zero-order chi connectivity index (χ0) is 14.4. The van der Waals surface area contributed by atoms with Crippen LogP contribution in [0.5, 0.6) is 0 Å². The van der Waals surface area contributed by atoms with Gasteiger partial charge in [-0.1, -0.05) is 60.2 Å². The fraction of sp³-hybridized carbons (Fsp3) is 0.133. The van der Waals surface area contributed by atoms with Gasteiger partial charge >= 0.3 is 0 Å². The van der Waals surface area contributed by atoms with Crippen molar-refractivity contribution < 1.29 is 8.42 Å². The van der Waals surface area contributed by atoms with Crippen molar-refractivity contribution in [1.82, 2.24) is 4.83 Å². The van der Waals surface area contributed by atoms with E-state index in [-0.39, 0.29) is 5.75 Å². The molecule has 0 aliphatic carbocycles. The SMILES string of the molecule is Cc1ccc(/C=N/NS(=O)(=O)Cc2ccccc2)cc1. The lowest BCUT2D eigenvalue weighted by Gasteiger charge is -2.03. The topological polar surface area (TPSA) is 58.5 Å². The third-order valence-corrected chi connectivity index (χ3v) is 3.78. The van der Waals surface area contributed by atoms with Crippen molar-refractivity contribution in [3.05, 3.63) is 71.3 Å². The summed E-state index contributed by atoms with van der Waals surface area (Å²) < 4.78 is 23.6.